The number of fused-ring (bicyclic) bond motifs is 2. The number of hydrogen-bond donors (Lipinski definition) is 1. The number of carbonyl (C=O) groups excluding carboxylic acids is 2. The Morgan fingerprint density at radius 3 is 2.30 bits per heavy atom. The van der Waals surface area contributed by atoms with Crippen LogP contribution in [-0.4, -0.2) is 20.1 Å². The first kappa shape index (κ1) is 20.0. The summed E-state index contributed by atoms with van der Waals surface area (Å²) in [4.78, 5) is 25.3. The fraction of sp³-hybridized carbons (Fsp3) is 0.167. The van der Waals surface area contributed by atoms with Crippen molar-refractivity contribution in [3.63, 3.8) is 0 Å². The molecular weight excluding hydrogens is 398 g/mol. The molecule has 1 atom stereocenters. The number of hydrogen-bond acceptors (Lipinski definition) is 4. The highest BCUT2D eigenvalue weighted by Gasteiger charge is 2.35. The van der Waals surface area contributed by atoms with Crippen LogP contribution in [0.4, 0.5) is 5.69 Å². The van der Waals surface area contributed by atoms with Crippen LogP contribution in [0, 0.1) is 0 Å². The first-order valence-corrected chi connectivity index (χ1v) is 11.3. The Labute approximate surface area is 175 Å². The maximum absolute atomic E-state index is 13.0. The average Bonchev–Trinajstić information content (AvgIpc) is 2.77. The largest absolute Gasteiger partial charge is 0.322 e. The van der Waals surface area contributed by atoms with E-state index < -0.39 is 15.7 Å². The van der Waals surface area contributed by atoms with Gasteiger partial charge in [0.1, 0.15) is 0 Å². The summed E-state index contributed by atoms with van der Waals surface area (Å²) in [5.74, 6) is -0.361. The first-order chi connectivity index (χ1) is 14.3. The van der Waals surface area contributed by atoms with Crippen molar-refractivity contribution in [3.05, 3.63) is 89.0 Å². The van der Waals surface area contributed by atoms with Gasteiger partial charge in [-0.1, -0.05) is 38.1 Å². The molecule has 4 rings (SSSR count). The van der Waals surface area contributed by atoms with E-state index in [-0.39, 0.29) is 32.3 Å². The van der Waals surface area contributed by atoms with E-state index in [9.17, 15) is 18.0 Å². The lowest BCUT2D eigenvalue weighted by atomic mass is 9.98. The number of carbonyl (C=O) groups is 2. The Hall–Kier alpha value is -3.25. The molecule has 30 heavy (non-hydrogen) atoms. The molecular formula is C24H21NO4S. The second-order valence-corrected chi connectivity index (χ2v) is 9.31. The minimum absolute atomic E-state index is 0.0271. The van der Waals surface area contributed by atoms with Crippen LogP contribution in [0.5, 0.6) is 0 Å². The van der Waals surface area contributed by atoms with Crippen molar-refractivity contribution in [2.24, 2.45) is 0 Å². The van der Waals surface area contributed by atoms with E-state index in [1.165, 1.54) is 35.9 Å². The van der Waals surface area contributed by atoms with Crippen LogP contribution in [0.25, 0.3) is 0 Å². The Bertz CT molecular complexity index is 1260. The molecule has 3 aromatic carbocycles. The summed E-state index contributed by atoms with van der Waals surface area (Å²) in [6, 6.07) is 17.9. The third-order valence-corrected chi connectivity index (χ3v) is 7.40. The number of rotatable bonds is 4. The minimum atomic E-state index is -3.88. The second kappa shape index (κ2) is 7.54. The lowest BCUT2D eigenvalue weighted by molar-refractivity contribution is 0.101. The zero-order chi connectivity index (χ0) is 21.5. The lowest BCUT2D eigenvalue weighted by Gasteiger charge is -2.19. The number of sulfone groups is 1. The molecule has 0 unspecified atom stereocenters. The monoisotopic (exact) mass is 419 g/mol. The number of ketones is 1. The zero-order valence-electron chi connectivity index (χ0n) is 16.7. The smallest absolute Gasteiger partial charge is 0.255 e. The van der Waals surface area contributed by atoms with Crippen LogP contribution < -0.4 is 5.32 Å². The van der Waals surface area contributed by atoms with Gasteiger partial charge >= 0.3 is 0 Å². The van der Waals surface area contributed by atoms with Gasteiger partial charge in [-0.2, -0.15) is 0 Å². The summed E-state index contributed by atoms with van der Waals surface area (Å²) in [7, 11) is -3.88. The lowest BCUT2D eigenvalue weighted by Crippen LogP contribution is -2.21. The van der Waals surface area contributed by atoms with Gasteiger partial charge < -0.3 is 5.32 Å². The number of anilines is 1. The second-order valence-electron chi connectivity index (χ2n) is 7.43. The van der Waals surface area contributed by atoms with Crippen molar-refractivity contribution in [1.82, 2.24) is 0 Å². The Morgan fingerprint density at radius 2 is 1.60 bits per heavy atom. The third kappa shape index (κ3) is 3.33. The van der Waals surface area contributed by atoms with E-state index >= 15 is 0 Å². The van der Waals surface area contributed by atoms with Gasteiger partial charge in [0, 0.05) is 22.4 Å². The summed E-state index contributed by atoms with van der Waals surface area (Å²) in [5, 5.41) is 2.79. The zero-order valence-corrected chi connectivity index (χ0v) is 17.5. The molecule has 0 aromatic heterocycles. The van der Waals surface area contributed by atoms with Crippen molar-refractivity contribution >= 4 is 27.2 Å². The molecule has 0 spiro atoms. The van der Waals surface area contributed by atoms with Crippen LogP contribution in [0.15, 0.2) is 76.5 Å². The molecule has 6 heteroatoms. The molecule has 0 fully saturated rings. The fourth-order valence-electron chi connectivity index (χ4n) is 3.56. The Balaban J connectivity index is 1.65. The third-order valence-electron chi connectivity index (χ3n) is 5.55. The Kier molecular flexibility index (Phi) is 5.03. The van der Waals surface area contributed by atoms with Gasteiger partial charge in [0.05, 0.1) is 9.79 Å². The van der Waals surface area contributed by atoms with Crippen LogP contribution in [0.2, 0.25) is 0 Å². The highest BCUT2D eigenvalue weighted by molar-refractivity contribution is 7.91. The SMILES string of the molecule is CC[C@H](C)c1ccc(NC(=O)c2ccc3c(c2)S(=O)(=O)c2ccccc2C3=O)cc1. The maximum Gasteiger partial charge on any atom is 0.255 e. The van der Waals surface area contributed by atoms with E-state index in [1.54, 1.807) is 12.1 Å². The minimum Gasteiger partial charge on any atom is -0.322 e. The molecule has 1 aliphatic heterocycles. The topological polar surface area (TPSA) is 80.3 Å². The van der Waals surface area contributed by atoms with Gasteiger partial charge in [-0.3, -0.25) is 9.59 Å². The van der Waals surface area contributed by atoms with E-state index in [2.05, 4.69) is 19.2 Å². The van der Waals surface area contributed by atoms with Crippen LogP contribution in [-0.2, 0) is 9.84 Å². The molecule has 0 aliphatic carbocycles. The van der Waals surface area contributed by atoms with Crippen molar-refractivity contribution in [1.29, 1.82) is 0 Å². The predicted octanol–water partition coefficient (Wildman–Crippen LogP) is 4.83. The van der Waals surface area contributed by atoms with Gasteiger partial charge in [-0.25, -0.2) is 8.42 Å². The van der Waals surface area contributed by atoms with Crippen molar-refractivity contribution < 1.29 is 18.0 Å². The number of nitrogens with one attached hydrogen (secondary N) is 1. The standard InChI is InChI=1S/C24H21NO4S/c1-3-15(2)16-8-11-18(12-9-16)25-24(27)17-10-13-20-22(14-17)30(28,29)21-7-5-4-6-19(21)23(20)26/h4-15H,3H2,1-2H3,(H,25,27)/t15-/m0/s1. The van der Waals surface area contributed by atoms with Crippen LogP contribution in [0.1, 0.15) is 58.0 Å². The molecule has 1 aliphatic rings. The molecule has 0 saturated carbocycles. The quantitative estimate of drug-likeness (QED) is 0.514. The molecule has 1 amide bonds. The summed E-state index contributed by atoms with van der Waals surface area (Å²) >= 11 is 0. The molecule has 0 saturated heterocycles. The number of amides is 1. The molecule has 1 N–H and O–H groups in total. The summed E-state index contributed by atoms with van der Waals surface area (Å²) in [5.41, 5.74) is 2.23. The van der Waals surface area contributed by atoms with Crippen molar-refractivity contribution in [2.75, 3.05) is 5.32 Å². The van der Waals surface area contributed by atoms with E-state index in [0.717, 1.165) is 6.42 Å². The van der Waals surface area contributed by atoms with Gasteiger partial charge in [-0.15, -0.1) is 0 Å². The van der Waals surface area contributed by atoms with Gasteiger partial charge in [0.2, 0.25) is 9.84 Å². The highest BCUT2D eigenvalue weighted by Crippen LogP contribution is 2.34. The summed E-state index contributed by atoms with van der Waals surface area (Å²) in [6.07, 6.45) is 1.02. The summed E-state index contributed by atoms with van der Waals surface area (Å²) in [6.45, 7) is 4.26. The number of benzene rings is 3. The van der Waals surface area contributed by atoms with Crippen LogP contribution >= 0.6 is 0 Å². The molecule has 5 nitrogen and oxygen atoms in total. The van der Waals surface area contributed by atoms with E-state index in [4.69, 9.17) is 0 Å². The van der Waals surface area contributed by atoms with Crippen molar-refractivity contribution in [3.8, 4) is 0 Å². The van der Waals surface area contributed by atoms with Crippen LogP contribution in [0.3, 0.4) is 0 Å². The normalized spacial score (nSPS) is 15.1. The van der Waals surface area contributed by atoms with Gasteiger partial charge in [-0.05, 0) is 60.4 Å². The van der Waals surface area contributed by atoms with Crippen molar-refractivity contribution in [2.45, 2.75) is 36.0 Å². The fourth-order valence-corrected chi connectivity index (χ4v) is 5.24. The molecule has 3 aromatic rings. The maximum atomic E-state index is 13.0. The predicted molar refractivity (Wildman–Crippen MR) is 115 cm³/mol. The molecule has 1 heterocycles. The first-order valence-electron chi connectivity index (χ1n) is 9.77. The molecule has 152 valence electrons. The summed E-state index contributed by atoms with van der Waals surface area (Å²) < 4.78 is 26.0. The average molecular weight is 420 g/mol. The highest BCUT2D eigenvalue weighted by atomic mass is 32.2. The molecule has 0 bridgehead atoms. The van der Waals surface area contributed by atoms with E-state index in [1.807, 2.05) is 24.3 Å². The Morgan fingerprint density at radius 1 is 0.933 bits per heavy atom. The van der Waals surface area contributed by atoms with Gasteiger partial charge in [0.15, 0.2) is 5.78 Å². The molecule has 0 radical (unpaired) electrons. The van der Waals surface area contributed by atoms with E-state index in [0.29, 0.717) is 11.6 Å². The van der Waals surface area contributed by atoms with Gasteiger partial charge in [0.25, 0.3) is 5.91 Å².